The fourth-order valence-electron chi connectivity index (χ4n) is 3.45. The van der Waals surface area contributed by atoms with E-state index < -0.39 is 17.9 Å². The van der Waals surface area contributed by atoms with E-state index >= 15 is 0 Å². The number of carbonyl (C=O) groups is 2. The molecule has 182 valence electrons. The third-order valence-corrected chi connectivity index (χ3v) is 5.70. The Morgan fingerprint density at radius 2 is 1.79 bits per heavy atom. The molecule has 0 radical (unpaired) electrons. The van der Waals surface area contributed by atoms with Gasteiger partial charge in [0.1, 0.15) is 12.2 Å². The van der Waals surface area contributed by atoms with Crippen molar-refractivity contribution < 1.29 is 47.0 Å². The van der Waals surface area contributed by atoms with Crippen LogP contribution in [0.15, 0.2) is 35.7 Å². The highest BCUT2D eigenvalue weighted by Gasteiger charge is 2.23. The van der Waals surface area contributed by atoms with E-state index in [0.29, 0.717) is 22.9 Å². The number of carboxylic acid groups (broad SMARTS) is 1. The van der Waals surface area contributed by atoms with Crippen molar-refractivity contribution in [1.82, 2.24) is 4.37 Å². The average Bonchev–Trinajstić information content (AvgIpc) is 3.28. The Hall–Kier alpha value is -3.34. The molecule has 0 fully saturated rings. The van der Waals surface area contributed by atoms with E-state index in [1.54, 1.807) is 26.4 Å². The lowest BCUT2D eigenvalue weighted by Gasteiger charge is -2.15. The number of aliphatic carboxylic acids is 1. The molecule has 1 heterocycles. The van der Waals surface area contributed by atoms with E-state index in [9.17, 15) is 9.59 Å². The van der Waals surface area contributed by atoms with Crippen LogP contribution in [-0.2, 0) is 9.59 Å². The van der Waals surface area contributed by atoms with Gasteiger partial charge in [0.25, 0.3) is 5.91 Å². The van der Waals surface area contributed by atoms with E-state index in [1.807, 2.05) is 30.5 Å². The predicted octanol–water partition coefficient (Wildman–Crippen LogP) is -0.161. The number of aryl methyl sites for hydroxylation is 1. The minimum Gasteiger partial charge on any atom is -1.00 e. The van der Waals surface area contributed by atoms with Crippen molar-refractivity contribution in [2.75, 3.05) is 26.6 Å². The Kier molecular flexibility index (Phi) is 9.25. The maximum Gasteiger partial charge on any atom is 0.309 e. The zero-order chi connectivity index (χ0) is 24.1. The Morgan fingerprint density at radius 1 is 1.09 bits per heavy atom. The fraction of sp³-hybridized carbons (Fsp3) is 0.261. The highest BCUT2D eigenvalue weighted by Crippen LogP contribution is 2.40. The molecule has 0 aliphatic heterocycles. The molecule has 3 rings (SSSR count). The standard InChI is InChI=1S/C23H25N3O6S.ClH/c1-12-7-14(9-19(31-3)22(12)32-4)21-15(11-33-26-21)13-5-6-18(30-2)17(8-13)25-23(29)16(24)10-20(27)28;/h5-9,11,16H,10,24H2,1-4H3,(H,25,29)(H,27,28);1H/t16-;/m0./s1. The molecule has 34 heavy (non-hydrogen) atoms. The van der Waals surface area contributed by atoms with Gasteiger partial charge in [0.15, 0.2) is 17.5 Å². The summed E-state index contributed by atoms with van der Waals surface area (Å²) in [7, 11) is 4.67. The molecule has 0 saturated heterocycles. The van der Waals surface area contributed by atoms with Gasteiger partial charge in [-0.2, -0.15) is 4.37 Å². The fourth-order valence-corrected chi connectivity index (χ4v) is 4.17. The Bertz CT molecular complexity index is 1180. The zero-order valence-electron chi connectivity index (χ0n) is 19.2. The van der Waals surface area contributed by atoms with Crippen molar-refractivity contribution in [2.24, 2.45) is 0 Å². The monoisotopic (exact) mass is 507 g/mol. The molecule has 1 aromatic heterocycles. The van der Waals surface area contributed by atoms with Gasteiger partial charge in [0.05, 0.1) is 32.7 Å². The number of nitrogens with zero attached hydrogens (tertiary/aromatic N) is 1. The summed E-state index contributed by atoms with van der Waals surface area (Å²) in [5.74, 6) is 0.115. The minimum atomic E-state index is -1.09. The third kappa shape index (κ3) is 5.77. The van der Waals surface area contributed by atoms with Crippen molar-refractivity contribution in [2.45, 2.75) is 19.4 Å². The molecule has 0 bridgehead atoms. The van der Waals surface area contributed by atoms with Crippen molar-refractivity contribution in [1.29, 1.82) is 0 Å². The van der Waals surface area contributed by atoms with E-state index in [1.165, 1.54) is 18.6 Å². The van der Waals surface area contributed by atoms with Gasteiger partial charge < -0.3 is 42.8 Å². The summed E-state index contributed by atoms with van der Waals surface area (Å²) in [6.45, 7) is 1.93. The number of anilines is 1. The number of hydrogen-bond acceptors (Lipinski definition) is 7. The van der Waals surface area contributed by atoms with Gasteiger partial charge in [-0.25, -0.2) is 0 Å². The van der Waals surface area contributed by atoms with E-state index in [2.05, 4.69) is 15.4 Å². The van der Waals surface area contributed by atoms with Gasteiger partial charge in [-0.3, -0.25) is 9.59 Å². The summed E-state index contributed by atoms with van der Waals surface area (Å²) in [5.41, 5.74) is 8.25. The van der Waals surface area contributed by atoms with Gasteiger partial charge in [-0.05, 0) is 53.8 Å². The van der Waals surface area contributed by atoms with Crippen molar-refractivity contribution in [3.8, 4) is 39.6 Å². The van der Waals surface area contributed by atoms with Gasteiger partial charge in [-0.15, -0.1) is 0 Å². The largest absolute Gasteiger partial charge is 1.00 e. The highest BCUT2D eigenvalue weighted by atomic mass is 35.5. The van der Waals surface area contributed by atoms with Crippen LogP contribution in [0, 0.1) is 6.92 Å². The van der Waals surface area contributed by atoms with Crippen LogP contribution in [0.1, 0.15) is 12.0 Å². The topological polar surface area (TPSA) is 135 Å². The quantitative estimate of drug-likeness (QED) is 0.366. The average molecular weight is 508 g/mol. The highest BCUT2D eigenvalue weighted by molar-refractivity contribution is 7.04. The Balaban J connectivity index is 0.00000408. The summed E-state index contributed by atoms with van der Waals surface area (Å²) in [6.07, 6.45) is -0.370. The minimum absolute atomic E-state index is 0. The first-order valence-electron chi connectivity index (χ1n) is 10.0. The number of hydrogen-bond donors (Lipinski definition) is 3. The van der Waals surface area contributed by atoms with Crippen molar-refractivity contribution in [3.63, 3.8) is 0 Å². The van der Waals surface area contributed by atoms with E-state index in [4.69, 9.17) is 19.3 Å². The zero-order valence-corrected chi connectivity index (χ0v) is 20.7. The summed E-state index contributed by atoms with van der Waals surface area (Å²) >= 11 is 1.31. The lowest BCUT2D eigenvalue weighted by atomic mass is 9.99. The second kappa shape index (κ2) is 11.7. The first-order chi connectivity index (χ1) is 15.8. The number of aromatic nitrogens is 1. The number of carboxylic acids is 1. The van der Waals surface area contributed by atoms with Crippen molar-refractivity contribution in [3.05, 3.63) is 41.3 Å². The molecule has 9 nitrogen and oxygen atoms in total. The van der Waals surface area contributed by atoms with E-state index in [-0.39, 0.29) is 18.8 Å². The summed E-state index contributed by atoms with van der Waals surface area (Å²) in [5, 5.41) is 13.6. The van der Waals surface area contributed by atoms with Crippen LogP contribution < -0.4 is 37.7 Å². The lowest BCUT2D eigenvalue weighted by molar-refractivity contribution is -0.401. The second-order valence-electron chi connectivity index (χ2n) is 7.30. The van der Waals surface area contributed by atoms with Crippen LogP contribution in [0.25, 0.3) is 22.4 Å². The molecule has 2 aromatic carbocycles. The molecule has 3 aromatic rings. The molecule has 11 heteroatoms. The van der Waals surface area contributed by atoms with Gasteiger partial charge in [0.2, 0.25) is 0 Å². The number of quaternary nitrogens is 1. The summed E-state index contributed by atoms with van der Waals surface area (Å²) in [4.78, 5) is 23.4. The summed E-state index contributed by atoms with van der Waals surface area (Å²) in [6, 6.07) is 8.28. The molecule has 0 aliphatic rings. The Morgan fingerprint density at radius 3 is 2.41 bits per heavy atom. The molecule has 5 N–H and O–H groups in total. The summed E-state index contributed by atoms with van der Waals surface area (Å²) < 4.78 is 20.9. The first kappa shape index (κ1) is 26.9. The Labute approximate surface area is 207 Å². The molecule has 0 unspecified atom stereocenters. The van der Waals surface area contributed by atoms with Crippen LogP contribution >= 0.6 is 11.5 Å². The number of carbonyl (C=O) groups excluding carboxylic acids is 1. The molecule has 0 saturated carbocycles. The van der Waals surface area contributed by atoms with Gasteiger partial charge in [-0.1, -0.05) is 6.07 Å². The van der Waals surface area contributed by atoms with E-state index in [0.717, 1.165) is 27.9 Å². The van der Waals surface area contributed by atoms with Crippen LogP contribution in [0.3, 0.4) is 0 Å². The van der Waals surface area contributed by atoms with Crippen LogP contribution in [0.5, 0.6) is 17.2 Å². The number of ether oxygens (including phenoxy) is 3. The van der Waals surface area contributed by atoms with Crippen molar-refractivity contribution >= 4 is 29.1 Å². The molecular weight excluding hydrogens is 482 g/mol. The number of amides is 1. The lowest BCUT2D eigenvalue weighted by Crippen LogP contribution is -3.00. The van der Waals surface area contributed by atoms with Crippen LogP contribution in [-0.4, -0.2) is 48.7 Å². The number of halogens is 1. The van der Waals surface area contributed by atoms with Crippen LogP contribution in [0.4, 0.5) is 5.69 Å². The first-order valence-corrected chi connectivity index (χ1v) is 10.8. The number of nitrogens with one attached hydrogen (secondary N) is 1. The molecule has 0 aliphatic carbocycles. The normalized spacial score (nSPS) is 11.2. The maximum absolute atomic E-state index is 12.4. The molecule has 0 spiro atoms. The maximum atomic E-state index is 12.4. The SMILES string of the molecule is COc1ccc(-c2csnc2-c2cc(C)c(OC)c(OC)c2)cc1NC(=O)[C@@H]([NH3+])CC(=O)O.[Cl-]. The molecule has 1 atom stereocenters. The number of rotatable bonds is 9. The third-order valence-electron chi connectivity index (χ3n) is 5.07. The smallest absolute Gasteiger partial charge is 0.309 e. The van der Waals surface area contributed by atoms with Crippen LogP contribution in [0.2, 0.25) is 0 Å². The van der Waals surface area contributed by atoms with Gasteiger partial charge in [0, 0.05) is 16.5 Å². The second-order valence-corrected chi connectivity index (χ2v) is 7.93. The molecule has 1 amide bonds. The van der Waals surface area contributed by atoms with Gasteiger partial charge >= 0.3 is 5.97 Å². The number of benzene rings is 2. The number of methoxy groups -OCH3 is 3. The molecular formula is C23H26ClN3O6S. The predicted molar refractivity (Wildman–Crippen MR) is 125 cm³/mol.